The number of methoxy groups -OCH3 is 1. The van der Waals surface area contributed by atoms with Crippen molar-refractivity contribution in [1.29, 1.82) is 0 Å². The Morgan fingerprint density at radius 3 is 2.46 bits per heavy atom. The minimum atomic E-state index is -0.376. The topological polar surface area (TPSA) is 82.2 Å². The summed E-state index contributed by atoms with van der Waals surface area (Å²) in [5, 5.41) is 10.1. The number of fused-ring (bicyclic) bond motifs is 2. The number of para-hydroxylation sites is 1. The molecule has 0 saturated heterocycles. The van der Waals surface area contributed by atoms with Crippen molar-refractivity contribution in [2.45, 2.75) is 46.7 Å². The van der Waals surface area contributed by atoms with E-state index in [9.17, 15) is 9.90 Å². The lowest BCUT2D eigenvalue weighted by atomic mass is 10.1. The van der Waals surface area contributed by atoms with E-state index in [-0.39, 0.29) is 11.7 Å². The van der Waals surface area contributed by atoms with Gasteiger partial charge in [-0.3, -0.25) is 0 Å². The van der Waals surface area contributed by atoms with Crippen molar-refractivity contribution in [3.05, 3.63) is 66.2 Å². The number of nitrogens with zero attached hydrogens (tertiary/aromatic N) is 4. The van der Waals surface area contributed by atoms with E-state index >= 15 is 0 Å². The summed E-state index contributed by atoms with van der Waals surface area (Å²) in [6.07, 6.45) is 1.92. The van der Waals surface area contributed by atoms with Gasteiger partial charge in [0.05, 0.1) is 34.7 Å². The fourth-order valence-electron chi connectivity index (χ4n) is 4.87. The Bertz CT molecular complexity index is 1600. The van der Waals surface area contributed by atoms with E-state index in [1.54, 1.807) is 24.3 Å². The van der Waals surface area contributed by atoms with Crippen molar-refractivity contribution in [3.63, 3.8) is 0 Å². The summed E-state index contributed by atoms with van der Waals surface area (Å²) in [5.41, 5.74) is 5.97. The summed E-state index contributed by atoms with van der Waals surface area (Å²) in [4.78, 5) is 22.2. The Morgan fingerprint density at radius 1 is 0.946 bits per heavy atom. The van der Waals surface area contributed by atoms with Crippen LogP contribution in [0, 0.1) is 5.92 Å². The van der Waals surface area contributed by atoms with E-state index < -0.39 is 0 Å². The maximum atomic E-state index is 12.2. The van der Waals surface area contributed by atoms with Crippen molar-refractivity contribution in [3.8, 4) is 28.5 Å². The molecule has 0 aliphatic heterocycles. The van der Waals surface area contributed by atoms with Gasteiger partial charge in [0.1, 0.15) is 17.4 Å². The summed E-state index contributed by atoms with van der Waals surface area (Å²) in [5.74, 6) is 2.03. The lowest BCUT2D eigenvalue weighted by Crippen LogP contribution is -2.06. The smallest absolute Gasteiger partial charge is 0.337 e. The number of hydrogen-bond donors (Lipinski definition) is 1. The molecule has 7 heteroatoms. The quantitative estimate of drug-likeness (QED) is 0.243. The highest BCUT2D eigenvalue weighted by atomic mass is 16.5. The van der Waals surface area contributed by atoms with Crippen LogP contribution in [-0.2, 0) is 17.8 Å². The van der Waals surface area contributed by atoms with Gasteiger partial charge in [-0.25, -0.2) is 14.8 Å². The molecule has 37 heavy (non-hydrogen) atoms. The Hall–Kier alpha value is -4.13. The average Bonchev–Trinajstić information content (AvgIpc) is 3.45. The van der Waals surface area contributed by atoms with E-state index in [0.717, 1.165) is 70.8 Å². The van der Waals surface area contributed by atoms with Crippen molar-refractivity contribution in [2.24, 2.45) is 5.92 Å². The second kappa shape index (κ2) is 10.1. The highest BCUT2D eigenvalue weighted by molar-refractivity contribution is 5.97. The van der Waals surface area contributed by atoms with Crippen LogP contribution < -0.4 is 0 Å². The molecule has 0 spiro atoms. The molecule has 7 nitrogen and oxygen atoms in total. The molecule has 0 radical (unpaired) electrons. The molecule has 190 valence electrons. The molecule has 0 amide bonds. The number of benzene rings is 3. The van der Waals surface area contributed by atoms with E-state index in [1.807, 2.05) is 30.3 Å². The number of rotatable bonds is 8. The second-order valence-electron chi connectivity index (χ2n) is 9.78. The number of imidazole rings is 2. The van der Waals surface area contributed by atoms with Gasteiger partial charge in [-0.05, 0) is 61.2 Å². The van der Waals surface area contributed by atoms with Crippen LogP contribution in [0.25, 0.3) is 44.8 Å². The van der Waals surface area contributed by atoms with E-state index in [2.05, 4.69) is 36.0 Å². The molecule has 0 saturated carbocycles. The normalized spacial score (nSPS) is 11.6. The fraction of sp³-hybridized carbons (Fsp3) is 0.300. The Kier molecular flexibility index (Phi) is 6.70. The summed E-state index contributed by atoms with van der Waals surface area (Å²) in [6, 6.07) is 18.9. The van der Waals surface area contributed by atoms with Crippen LogP contribution in [0.5, 0.6) is 5.75 Å². The first kappa shape index (κ1) is 24.6. The predicted octanol–water partition coefficient (Wildman–Crippen LogP) is 6.67. The molecule has 3 aromatic carbocycles. The van der Waals surface area contributed by atoms with Crippen LogP contribution >= 0.6 is 0 Å². The van der Waals surface area contributed by atoms with E-state index in [4.69, 9.17) is 14.7 Å². The molecule has 2 aromatic heterocycles. The number of aromatic nitrogens is 4. The summed E-state index contributed by atoms with van der Waals surface area (Å²) < 4.78 is 9.42. The number of carbonyl (C=O) groups is 1. The van der Waals surface area contributed by atoms with Crippen LogP contribution in [0.15, 0.2) is 60.7 Å². The fourth-order valence-corrected chi connectivity index (χ4v) is 4.87. The van der Waals surface area contributed by atoms with Gasteiger partial charge in [-0.15, -0.1) is 0 Å². The number of phenols is 1. The van der Waals surface area contributed by atoms with Gasteiger partial charge in [-0.1, -0.05) is 39.0 Å². The largest absolute Gasteiger partial charge is 0.508 e. The highest BCUT2D eigenvalue weighted by Crippen LogP contribution is 2.35. The third-order valence-electron chi connectivity index (χ3n) is 6.66. The number of aromatic hydroxyl groups is 1. The molecule has 0 unspecified atom stereocenters. The molecule has 5 aromatic rings. The van der Waals surface area contributed by atoms with Crippen LogP contribution in [0.1, 0.15) is 44.0 Å². The number of hydrogen-bond acceptors (Lipinski definition) is 5. The molecule has 5 rings (SSSR count). The van der Waals surface area contributed by atoms with Gasteiger partial charge >= 0.3 is 5.97 Å². The monoisotopic (exact) mass is 496 g/mol. The van der Waals surface area contributed by atoms with Crippen LogP contribution in [-0.4, -0.2) is 37.3 Å². The van der Waals surface area contributed by atoms with E-state index in [0.29, 0.717) is 11.5 Å². The molecule has 1 N–H and O–H groups in total. The Balaban J connectivity index is 1.77. The molecule has 0 fully saturated rings. The van der Waals surface area contributed by atoms with Crippen LogP contribution in [0.2, 0.25) is 0 Å². The maximum Gasteiger partial charge on any atom is 0.337 e. The SMILES string of the molecule is CCCn1c(-c2cccc(O)c2)nc2cccc(-c3nc4cc(C(=O)OC)ccc4n3CCC(C)C)c21. The number of aryl methyl sites for hydroxylation is 2. The summed E-state index contributed by atoms with van der Waals surface area (Å²) in [7, 11) is 1.39. The lowest BCUT2D eigenvalue weighted by molar-refractivity contribution is 0.0601. The van der Waals surface area contributed by atoms with Gasteiger partial charge in [0.25, 0.3) is 0 Å². The number of ether oxygens (including phenoxy) is 1. The Morgan fingerprint density at radius 2 is 1.73 bits per heavy atom. The minimum absolute atomic E-state index is 0.213. The molecule has 0 atom stereocenters. The number of phenolic OH excluding ortho intramolecular Hbond substituents is 1. The summed E-state index contributed by atoms with van der Waals surface area (Å²) >= 11 is 0. The van der Waals surface area contributed by atoms with Gasteiger partial charge in [0.15, 0.2) is 0 Å². The third kappa shape index (κ3) is 4.57. The zero-order valence-corrected chi connectivity index (χ0v) is 21.7. The molecule has 2 heterocycles. The molecule has 0 aliphatic carbocycles. The Labute approximate surface area is 216 Å². The zero-order chi connectivity index (χ0) is 26.1. The highest BCUT2D eigenvalue weighted by Gasteiger charge is 2.21. The van der Waals surface area contributed by atoms with Gasteiger partial charge in [0.2, 0.25) is 0 Å². The van der Waals surface area contributed by atoms with Gasteiger partial charge < -0.3 is 19.0 Å². The standard InChI is InChI=1S/C30H32N4O3/c1-5-15-34-27-23(10-7-11-24(27)31-28(34)20-8-6-9-22(35)17-20)29-32-25-18-21(30(36)37-4)12-13-26(25)33(29)16-14-19(2)3/h6-13,17-19,35H,5,14-16H2,1-4H3. The van der Waals surface area contributed by atoms with Crippen molar-refractivity contribution in [1.82, 2.24) is 19.1 Å². The second-order valence-corrected chi connectivity index (χ2v) is 9.78. The first-order valence-electron chi connectivity index (χ1n) is 12.8. The average molecular weight is 497 g/mol. The third-order valence-corrected chi connectivity index (χ3v) is 6.66. The van der Waals surface area contributed by atoms with Crippen LogP contribution in [0.4, 0.5) is 0 Å². The number of esters is 1. The first-order chi connectivity index (χ1) is 17.9. The lowest BCUT2D eigenvalue weighted by Gasteiger charge is -2.14. The summed E-state index contributed by atoms with van der Waals surface area (Å²) in [6.45, 7) is 8.16. The van der Waals surface area contributed by atoms with Crippen molar-refractivity contribution in [2.75, 3.05) is 7.11 Å². The van der Waals surface area contributed by atoms with Gasteiger partial charge in [-0.2, -0.15) is 0 Å². The molecular formula is C30H32N4O3. The predicted molar refractivity (Wildman–Crippen MR) is 147 cm³/mol. The molecule has 0 bridgehead atoms. The van der Waals surface area contributed by atoms with Crippen molar-refractivity contribution < 1.29 is 14.6 Å². The zero-order valence-electron chi connectivity index (χ0n) is 21.7. The molecule has 0 aliphatic rings. The van der Waals surface area contributed by atoms with Crippen LogP contribution in [0.3, 0.4) is 0 Å². The molecular weight excluding hydrogens is 464 g/mol. The van der Waals surface area contributed by atoms with E-state index in [1.165, 1.54) is 7.11 Å². The van der Waals surface area contributed by atoms with Gasteiger partial charge in [0, 0.05) is 24.2 Å². The first-order valence-corrected chi connectivity index (χ1v) is 12.8. The maximum absolute atomic E-state index is 12.2. The van der Waals surface area contributed by atoms with Crippen molar-refractivity contribution >= 4 is 28.0 Å². The number of carbonyl (C=O) groups excluding carboxylic acids is 1. The minimum Gasteiger partial charge on any atom is -0.508 e.